The number of ether oxygens (including phenoxy) is 1. The van der Waals surface area contributed by atoms with Crippen LogP contribution in [-0.2, 0) is 33.2 Å². The summed E-state index contributed by atoms with van der Waals surface area (Å²) in [6.07, 6.45) is 4.82. The number of nitrogens with zero attached hydrogens (tertiary/aromatic N) is 3. The normalized spacial score (nSPS) is 18.1. The smallest absolute Gasteiger partial charge is 0.318 e. The monoisotopic (exact) mass is 473 g/mol. The molecule has 10 heteroatoms. The van der Waals surface area contributed by atoms with E-state index in [1.807, 2.05) is 26.8 Å². The zero-order chi connectivity index (χ0) is 23.8. The molecule has 0 spiro atoms. The molecule has 1 saturated heterocycles. The lowest BCUT2D eigenvalue weighted by atomic mass is 9.97. The lowest BCUT2D eigenvalue weighted by molar-refractivity contribution is 0.0903. The van der Waals surface area contributed by atoms with E-state index in [2.05, 4.69) is 15.6 Å². The highest BCUT2D eigenvalue weighted by Crippen LogP contribution is 2.37. The Morgan fingerprint density at radius 3 is 2.67 bits per heavy atom. The van der Waals surface area contributed by atoms with E-state index in [0.717, 1.165) is 48.4 Å². The number of aryl methyl sites for hydroxylation is 1. The SMILES string of the molecule is Cc1cc(CNC(=O)N2Cc3nc(NC4CCOCC4)ncc3C2(C)C)cc(S(C)(=O)=O)c1. The van der Waals surface area contributed by atoms with Crippen LogP contribution in [0.3, 0.4) is 0 Å². The third kappa shape index (κ3) is 5.11. The Labute approximate surface area is 194 Å². The summed E-state index contributed by atoms with van der Waals surface area (Å²) in [6.45, 7) is 7.86. The Kier molecular flexibility index (Phi) is 6.32. The average Bonchev–Trinajstić information content (AvgIpc) is 3.02. The van der Waals surface area contributed by atoms with Crippen LogP contribution in [0.15, 0.2) is 29.3 Å². The van der Waals surface area contributed by atoms with E-state index in [4.69, 9.17) is 9.72 Å². The number of urea groups is 1. The number of sulfone groups is 1. The molecule has 2 aliphatic rings. The average molecular weight is 474 g/mol. The van der Waals surface area contributed by atoms with Crippen LogP contribution >= 0.6 is 0 Å². The molecule has 0 saturated carbocycles. The first kappa shape index (κ1) is 23.4. The third-order valence-corrected chi connectivity index (χ3v) is 7.38. The summed E-state index contributed by atoms with van der Waals surface area (Å²) in [5.41, 5.74) is 2.75. The van der Waals surface area contributed by atoms with E-state index in [9.17, 15) is 13.2 Å². The largest absolute Gasteiger partial charge is 0.381 e. The van der Waals surface area contributed by atoms with Crippen molar-refractivity contribution in [2.45, 2.75) is 63.2 Å². The van der Waals surface area contributed by atoms with Crippen LogP contribution < -0.4 is 10.6 Å². The van der Waals surface area contributed by atoms with Gasteiger partial charge in [0.25, 0.3) is 0 Å². The first-order chi connectivity index (χ1) is 15.5. The zero-order valence-electron chi connectivity index (χ0n) is 19.5. The van der Waals surface area contributed by atoms with Gasteiger partial charge in [-0.25, -0.2) is 23.2 Å². The van der Waals surface area contributed by atoms with Gasteiger partial charge >= 0.3 is 6.03 Å². The first-order valence-corrected chi connectivity index (χ1v) is 13.0. The molecule has 0 atom stereocenters. The fourth-order valence-electron chi connectivity index (χ4n) is 4.38. The highest BCUT2D eigenvalue weighted by Gasteiger charge is 2.41. The Morgan fingerprint density at radius 2 is 1.97 bits per heavy atom. The van der Waals surface area contributed by atoms with Gasteiger partial charge in [-0.1, -0.05) is 6.07 Å². The standard InChI is InChI=1S/C23H31N5O4S/c1-15-9-16(11-18(10-15)33(4,30)31)12-25-22(29)28-14-20-19(23(28,2)3)13-24-21(27-20)26-17-5-7-32-8-6-17/h9-11,13,17H,5-8,12,14H2,1-4H3,(H,25,29)(H,24,26,27). The molecule has 0 radical (unpaired) electrons. The number of benzene rings is 1. The summed E-state index contributed by atoms with van der Waals surface area (Å²) in [5.74, 6) is 0.576. The Hall–Kier alpha value is -2.72. The second kappa shape index (κ2) is 8.90. The second-order valence-corrected chi connectivity index (χ2v) is 11.3. The minimum Gasteiger partial charge on any atom is -0.381 e. The van der Waals surface area contributed by atoms with Gasteiger partial charge in [-0.05, 0) is 56.9 Å². The number of carbonyl (C=O) groups excluding carboxylic acids is 1. The van der Waals surface area contributed by atoms with Gasteiger partial charge in [-0.3, -0.25) is 0 Å². The van der Waals surface area contributed by atoms with Gasteiger partial charge in [0.2, 0.25) is 5.95 Å². The molecule has 178 valence electrons. The van der Waals surface area contributed by atoms with Crippen LogP contribution in [0.1, 0.15) is 49.1 Å². The lowest BCUT2D eigenvalue weighted by Gasteiger charge is -2.32. The van der Waals surface area contributed by atoms with E-state index >= 15 is 0 Å². The molecule has 9 nitrogen and oxygen atoms in total. The van der Waals surface area contributed by atoms with Crippen molar-refractivity contribution in [3.05, 3.63) is 46.8 Å². The van der Waals surface area contributed by atoms with Crippen molar-refractivity contribution in [3.8, 4) is 0 Å². The highest BCUT2D eigenvalue weighted by molar-refractivity contribution is 7.90. The maximum Gasteiger partial charge on any atom is 0.318 e. The van der Waals surface area contributed by atoms with Crippen molar-refractivity contribution in [1.82, 2.24) is 20.2 Å². The minimum atomic E-state index is -3.32. The van der Waals surface area contributed by atoms with Crippen molar-refractivity contribution in [3.63, 3.8) is 0 Å². The number of rotatable bonds is 5. The summed E-state index contributed by atoms with van der Waals surface area (Å²) < 4.78 is 29.3. The summed E-state index contributed by atoms with van der Waals surface area (Å²) in [6, 6.07) is 5.16. The lowest BCUT2D eigenvalue weighted by Crippen LogP contribution is -2.45. The van der Waals surface area contributed by atoms with E-state index < -0.39 is 15.4 Å². The molecule has 33 heavy (non-hydrogen) atoms. The molecule has 2 aliphatic heterocycles. The molecule has 2 aromatic rings. The summed E-state index contributed by atoms with van der Waals surface area (Å²) in [4.78, 5) is 24.3. The number of nitrogens with one attached hydrogen (secondary N) is 2. The highest BCUT2D eigenvalue weighted by atomic mass is 32.2. The molecule has 0 unspecified atom stereocenters. The van der Waals surface area contributed by atoms with E-state index in [1.165, 1.54) is 6.26 Å². The van der Waals surface area contributed by atoms with E-state index in [-0.39, 0.29) is 23.5 Å². The Bertz CT molecular complexity index is 1160. The quantitative estimate of drug-likeness (QED) is 0.686. The molecule has 1 aromatic carbocycles. The van der Waals surface area contributed by atoms with Crippen LogP contribution in [0.4, 0.5) is 10.7 Å². The van der Waals surface area contributed by atoms with Crippen LogP contribution in [0.2, 0.25) is 0 Å². The molecular weight excluding hydrogens is 442 g/mol. The van der Waals surface area contributed by atoms with E-state index in [1.54, 1.807) is 23.2 Å². The fourth-order valence-corrected chi connectivity index (χ4v) is 5.14. The van der Waals surface area contributed by atoms with Gasteiger partial charge in [-0.15, -0.1) is 0 Å². The Morgan fingerprint density at radius 1 is 1.24 bits per heavy atom. The molecule has 3 heterocycles. The summed E-state index contributed by atoms with van der Waals surface area (Å²) in [7, 11) is -3.32. The molecule has 0 bridgehead atoms. The number of hydrogen-bond acceptors (Lipinski definition) is 7. The van der Waals surface area contributed by atoms with Gasteiger partial charge in [0, 0.05) is 43.8 Å². The van der Waals surface area contributed by atoms with Gasteiger partial charge < -0.3 is 20.3 Å². The summed E-state index contributed by atoms with van der Waals surface area (Å²) >= 11 is 0. The minimum absolute atomic E-state index is 0.230. The number of hydrogen-bond donors (Lipinski definition) is 2. The van der Waals surface area contributed by atoms with Gasteiger partial charge in [0.05, 0.1) is 22.7 Å². The van der Waals surface area contributed by atoms with Crippen LogP contribution in [-0.4, -0.2) is 54.8 Å². The van der Waals surface area contributed by atoms with Gasteiger partial charge in [-0.2, -0.15) is 0 Å². The van der Waals surface area contributed by atoms with Crippen molar-refractivity contribution >= 4 is 21.8 Å². The van der Waals surface area contributed by atoms with Gasteiger partial charge in [0.15, 0.2) is 9.84 Å². The van der Waals surface area contributed by atoms with Crippen LogP contribution in [0, 0.1) is 6.92 Å². The predicted molar refractivity (Wildman–Crippen MR) is 125 cm³/mol. The van der Waals surface area contributed by atoms with E-state index in [0.29, 0.717) is 12.5 Å². The molecule has 0 aliphatic carbocycles. The molecule has 2 amide bonds. The summed E-state index contributed by atoms with van der Waals surface area (Å²) in [5, 5.41) is 6.31. The number of aromatic nitrogens is 2. The number of fused-ring (bicyclic) bond motifs is 1. The van der Waals surface area contributed by atoms with Crippen molar-refractivity contribution in [2.24, 2.45) is 0 Å². The number of amides is 2. The molecule has 1 aromatic heterocycles. The maximum atomic E-state index is 13.1. The first-order valence-electron chi connectivity index (χ1n) is 11.1. The zero-order valence-corrected chi connectivity index (χ0v) is 20.3. The number of anilines is 1. The van der Waals surface area contributed by atoms with Crippen LogP contribution in [0.5, 0.6) is 0 Å². The fraction of sp³-hybridized carbons (Fsp3) is 0.522. The van der Waals surface area contributed by atoms with Crippen molar-refractivity contribution in [2.75, 3.05) is 24.8 Å². The second-order valence-electron chi connectivity index (χ2n) is 9.32. The molecule has 4 rings (SSSR count). The molecule has 1 fully saturated rings. The topological polar surface area (TPSA) is 114 Å². The number of carbonyl (C=O) groups is 1. The van der Waals surface area contributed by atoms with Crippen molar-refractivity contribution < 1.29 is 17.9 Å². The predicted octanol–water partition coefficient (Wildman–Crippen LogP) is 2.74. The molecular formula is C23H31N5O4S. The van der Waals surface area contributed by atoms with Gasteiger partial charge in [0.1, 0.15) is 0 Å². The molecule has 2 N–H and O–H groups in total. The maximum absolute atomic E-state index is 13.1. The Balaban J connectivity index is 1.45. The van der Waals surface area contributed by atoms with Crippen molar-refractivity contribution in [1.29, 1.82) is 0 Å². The third-order valence-electron chi connectivity index (χ3n) is 6.29. The van der Waals surface area contributed by atoms with Crippen LogP contribution in [0.25, 0.3) is 0 Å².